The zero-order chi connectivity index (χ0) is 13.3. The van der Waals surface area contributed by atoms with Crippen LogP contribution in [0.3, 0.4) is 0 Å². The number of alkyl halides is 1. The molecule has 1 fully saturated rings. The molecule has 1 aromatic carbocycles. The lowest BCUT2D eigenvalue weighted by atomic mass is 9.98. The van der Waals surface area contributed by atoms with Gasteiger partial charge in [-0.1, -0.05) is 6.92 Å². The third kappa shape index (κ3) is 2.81. The Morgan fingerprint density at radius 2 is 2.28 bits per heavy atom. The minimum atomic E-state index is -0.0737. The second kappa shape index (κ2) is 5.49. The summed E-state index contributed by atoms with van der Waals surface area (Å²) in [4.78, 5) is 14.0. The van der Waals surface area contributed by atoms with Crippen LogP contribution in [0.25, 0.3) is 0 Å². The molecule has 0 spiro atoms. The number of likely N-dealkylation sites (tertiary alicyclic amines) is 1. The maximum absolute atomic E-state index is 12.3. The molecule has 98 valence electrons. The van der Waals surface area contributed by atoms with Crippen molar-refractivity contribution >= 4 is 33.4 Å². The third-order valence-corrected chi connectivity index (χ3v) is 4.59. The predicted octanol–water partition coefficient (Wildman–Crippen LogP) is 3.24. The Morgan fingerprint density at radius 3 is 2.89 bits per heavy atom. The van der Waals surface area contributed by atoms with E-state index in [1.807, 2.05) is 0 Å². The molecule has 0 radical (unpaired) electrons. The van der Waals surface area contributed by atoms with Crippen molar-refractivity contribution in [3.63, 3.8) is 0 Å². The van der Waals surface area contributed by atoms with Crippen LogP contribution in [-0.4, -0.2) is 34.4 Å². The highest BCUT2D eigenvalue weighted by molar-refractivity contribution is 9.10. The molecule has 0 saturated carbocycles. The number of aromatic hydroxyl groups is 1. The summed E-state index contributed by atoms with van der Waals surface area (Å²) in [7, 11) is 0. The summed E-state index contributed by atoms with van der Waals surface area (Å²) in [5, 5.41) is 9.60. The third-order valence-electron chi connectivity index (χ3n) is 3.35. The Kier molecular flexibility index (Phi) is 4.17. The van der Waals surface area contributed by atoms with Gasteiger partial charge in [0.25, 0.3) is 5.91 Å². The van der Waals surface area contributed by atoms with E-state index >= 15 is 0 Å². The summed E-state index contributed by atoms with van der Waals surface area (Å²) in [5.74, 6) is 0.443. The fourth-order valence-electron chi connectivity index (χ4n) is 2.03. The quantitative estimate of drug-likeness (QED) is 0.802. The number of carbonyl (C=O) groups excluding carboxylic acids is 1. The molecule has 3 nitrogen and oxygen atoms in total. The highest BCUT2D eigenvalue weighted by atomic mass is 79.9. The average molecular weight is 333 g/mol. The largest absolute Gasteiger partial charge is 0.507 e. The fourth-order valence-corrected chi connectivity index (χ4v) is 2.57. The van der Waals surface area contributed by atoms with E-state index < -0.39 is 0 Å². The number of phenolic OH excluding ortho intramolecular Hbond substituents is 1. The smallest absolute Gasteiger partial charge is 0.254 e. The zero-order valence-electron chi connectivity index (χ0n) is 10.1. The van der Waals surface area contributed by atoms with E-state index in [0.29, 0.717) is 22.5 Å². The molecule has 1 amide bonds. The Balaban J connectivity index is 2.14. The van der Waals surface area contributed by atoms with Gasteiger partial charge in [-0.05, 0) is 46.5 Å². The maximum atomic E-state index is 12.3. The summed E-state index contributed by atoms with van der Waals surface area (Å²) in [6, 6.07) is 4.86. The monoisotopic (exact) mass is 331 g/mol. The van der Waals surface area contributed by atoms with Crippen LogP contribution in [0.1, 0.15) is 23.7 Å². The number of phenols is 1. The van der Waals surface area contributed by atoms with E-state index in [-0.39, 0.29) is 17.0 Å². The molecular weight excluding hydrogens is 318 g/mol. The summed E-state index contributed by atoms with van der Waals surface area (Å²) in [6.45, 7) is 3.39. The number of hydrogen-bond acceptors (Lipinski definition) is 2. The molecule has 2 unspecified atom stereocenters. The van der Waals surface area contributed by atoms with Gasteiger partial charge in [0.1, 0.15) is 5.75 Å². The van der Waals surface area contributed by atoms with Crippen molar-refractivity contribution in [2.75, 3.05) is 13.1 Å². The van der Waals surface area contributed by atoms with E-state index in [4.69, 9.17) is 11.6 Å². The van der Waals surface area contributed by atoms with Crippen LogP contribution in [-0.2, 0) is 0 Å². The number of halogens is 2. The molecule has 1 aliphatic rings. The van der Waals surface area contributed by atoms with Crippen molar-refractivity contribution in [1.82, 2.24) is 4.90 Å². The standard InChI is InChI=1S/C13H15BrClNO2/c1-8-4-5-16(7-11(8)15)13(18)9-2-3-10(14)12(17)6-9/h2-3,6,8,11,17H,4-5,7H2,1H3. The van der Waals surface area contributed by atoms with Gasteiger partial charge >= 0.3 is 0 Å². The molecule has 0 bridgehead atoms. The van der Waals surface area contributed by atoms with Crippen LogP contribution in [0.15, 0.2) is 22.7 Å². The SMILES string of the molecule is CC1CCN(C(=O)c2ccc(Br)c(O)c2)CC1Cl. The molecular formula is C13H15BrClNO2. The van der Waals surface area contributed by atoms with Crippen molar-refractivity contribution in [2.45, 2.75) is 18.7 Å². The van der Waals surface area contributed by atoms with E-state index in [2.05, 4.69) is 22.9 Å². The van der Waals surface area contributed by atoms with Crippen LogP contribution in [0.5, 0.6) is 5.75 Å². The molecule has 1 aromatic rings. The van der Waals surface area contributed by atoms with Gasteiger partial charge < -0.3 is 10.0 Å². The summed E-state index contributed by atoms with van der Waals surface area (Å²) in [6.07, 6.45) is 0.919. The summed E-state index contributed by atoms with van der Waals surface area (Å²) >= 11 is 9.39. The normalized spacial score (nSPS) is 24.1. The number of rotatable bonds is 1. The second-order valence-corrected chi connectivity index (χ2v) is 6.11. The van der Waals surface area contributed by atoms with E-state index in [9.17, 15) is 9.90 Å². The Morgan fingerprint density at radius 1 is 1.56 bits per heavy atom. The van der Waals surface area contributed by atoms with E-state index in [0.717, 1.165) is 13.0 Å². The molecule has 5 heteroatoms. The first-order chi connectivity index (χ1) is 8.49. The zero-order valence-corrected chi connectivity index (χ0v) is 12.4. The van der Waals surface area contributed by atoms with Crippen LogP contribution >= 0.6 is 27.5 Å². The molecule has 1 heterocycles. The van der Waals surface area contributed by atoms with Crippen LogP contribution in [0.2, 0.25) is 0 Å². The molecule has 18 heavy (non-hydrogen) atoms. The lowest BCUT2D eigenvalue weighted by Gasteiger charge is -2.34. The lowest BCUT2D eigenvalue weighted by Crippen LogP contribution is -2.43. The van der Waals surface area contributed by atoms with Gasteiger partial charge in [0, 0.05) is 18.7 Å². The van der Waals surface area contributed by atoms with Gasteiger partial charge in [-0.3, -0.25) is 4.79 Å². The molecule has 1 saturated heterocycles. The van der Waals surface area contributed by atoms with Crippen molar-refractivity contribution in [2.24, 2.45) is 5.92 Å². The average Bonchev–Trinajstić information content (AvgIpc) is 2.35. The number of piperidine rings is 1. The second-order valence-electron chi connectivity index (χ2n) is 4.70. The maximum Gasteiger partial charge on any atom is 0.254 e. The molecule has 2 rings (SSSR count). The molecule has 0 aromatic heterocycles. The lowest BCUT2D eigenvalue weighted by molar-refractivity contribution is 0.0701. The van der Waals surface area contributed by atoms with Gasteiger partial charge in [0.2, 0.25) is 0 Å². The van der Waals surface area contributed by atoms with E-state index in [1.54, 1.807) is 17.0 Å². The minimum absolute atomic E-state index is 0.00625. The number of hydrogen-bond donors (Lipinski definition) is 1. The summed E-state index contributed by atoms with van der Waals surface area (Å²) < 4.78 is 0.585. The first-order valence-electron chi connectivity index (χ1n) is 5.91. The highest BCUT2D eigenvalue weighted by Gasteiger charge is 2.28. The van der Waals surface area contributed by atoms with Crippen molar-refractivity contribution in [3.8, 4) is 5.75 Å². The number of carbonyl (C=O) groups is 1. The fraction of sp³-hybridized carbons (Fsp3) is 0.462. The number of amides is 1. The van der Waals surface area contributed by atoms with Crippen molar-refractivity contribution in [3.05, 3.63) is 28.2 Å². The van der Waals surface area contributed by atoms with Crippen LogP contribution < -0.4 is 0 Å². The number of nitrogens with zero attached hydrogens (tertiary/aromatic N) is 1. The van der Waals surface area contributed by atoms with Gasteiger partial charge in [0.15, 0.2) is 0 Å². The van der Waals surface area contributed by atoms with Crippen molar-refractivity contribution < 1.29 is 9.90 Å². The topological polar surface area (TPSA) is 40.5 Å². The van der Waals surface area contributed by atoms with E-state index in [1.165, 1.54) is 6.07 Å². The Hall–Kier alpha value is -0.740. The highest BCUT2D eigenvalue weighted by Crippen LogP contribution is 2.27. The van der Waals surface area contributed by atoms with Gasteiger partial charge in [-0.15, -0.1) is 11.6 Å². The van der Waals surface area contributed by atoms with Gasteiger partial charge in [-0.25, -0.2) is 0 Å². The minimum Gasteiger partial charge on any atom is -0.507 e. The Bertz CT molecular complexity index is 466. The Labute approximate surface area is 120 Å². The predicted molar refractivity (Wildman–Crippen MR) is 75.1 cm³/mol. The van der Waals surface area contributed by atoms with Gasteiger partial charge in [0.05, 0.1) is 9.85 Å². The van der Waals surface area contributed by atoms with Crippen LogP contribution in [0, 0.1) is 5.92 Å². The first-order valence-corrected chi connectivity index (χ1v) is 7.14. The first kappa shape index (κ1) is 13.7. The van der Waals surface area contributed by atoms with Crippen LogP contribution in [0.4, 0.5) is 0 Å². The van der Waals surface area contributed by atoms with Gasteiger partial charge in [-0.2, -0.15) is 0 Å². The summed E-state index contributed by atoms with van der Waals surface area (Å²) in [5.41, 5.74) is 0.495. The van der Waals surface area contributed by atoms with Crippen molar-refractivity contribution in [1.29, 1.82) is 0 Å². The molecule has 1 N–H and O–H groups in total. The molecule has 0 aliphatic carbocycles. The molecule has 1 aliphatic heterocycles. The number of benzene rings is 1. The molecule has 2 atom stereocenters.